The Bertz CT molecular complexity index is 626. The van der Waals surface area contributed by atoms with Crippen LogP contribution in [0.3, 0.4) is 0 Å². The van der Waals surface area contributed by atoms with Gasteiger partial charge in [-0.3, -0.25) is 9.79 Å². The van der Waals surface area contributed by atoms with Gasteiger partial charge in [0.05, 0.1) is 0 Å². The molecule has 0 bridgehead atoms. The second-order valence-corrected chi connectivity index (χ2v) is 7.66. The fourth-order valence-corrected chi connectivity index (χ4v) is 3.97. The van der Waals surface area contributed by atoms with Gasteiger partial charge in [0.1, 0.15) is 0 Å². The zero-order valence-electron chi connectivity index (χ0n) is 16.5. The van der Waals surface area contributed by atoms with Gasteiger partial charge in [-0.15, -0.1) is 24.0 Å². The van der Waals surface area contributed by atoms with Crippen LogP contribution in [0.15, 0.2) is 29.3 Å². The molecule has 0 spiro atoms. The largest absolute Gasteiger partial charge is 0.352 e. The van der Waals surface area contributed by atoms with Crippen molar-refractivity contribution in [2.24, 2.45) is 10.9 Å². The molecule has 1 aromatic rings. The van der Waals surface area contributed by atoms with Gasteiger partial charge in [-0.2, -0.15) is 0 Å². The number of aliphatic imine (C=N–C) groups is 1. The fraction of sp³-hybridized carbons (Fsp3) is 0.619. The lowest BCUT2D eigenvalue weighted by atomic mass is 9.88. The molecule has 1 saturated carbocycles. The number of nitrogens with zero attached hydrogens (tertiary/aromatic N) is 2. The molecule has 2 N–H and O–H groups in total. The second-order valence-electron chi connectivity index (χ2n) is 7.66. The van der Waals surface area contributed by atoms with Crippen LogP contribution >= 0.6 is 24.0 Å². The molecule has 1 saturated heterocycles. The molecule has 1 atom stereocenters. The Hall–Kier alpha value is -1.31. The number of hydrogen-bond donors (Lipinski definition) is 2. The van der Waals surface area contributed by atoms with Gasteiger partial charge in [-0.05, 0) is 31.7 Å². The van der Waals surface area contributed by atoms with Crippen molar-refractivity contribution in [2.75, 3.05) is 20.1 Å². The third-order valence-electron chi connectivity index (χ3n) is 5.60. The van der Waals surface area contributed by atoms with Crippen LogP contribution in [0.5, 0.6) is 0 Å². The van der Waals surface area contributed by atoms with Gasteiger partial charge in [0.2, 0.25) is 5.91 Å². The number of amides is 1. The summed E-state index contributed by atoms with van der Waals surface area (Å²) in [6, 6.07) is 8.80. The second kappa shape index (κ2) is 10.9. The minimum absolute atomic E-state index is 0. The van der Waals surface area contributed by atoms with Crippen molar-refractivity contribution in [3.8, 4) is 0 Å². The predicted molar refractivity (Wildman–Crippen MR) is 121 cm³/mol. The molecule has 150 valence electrons. The van der Waals surface area contributed by atoms with Crippen molar-refractivity contribution in [1.82, 2.24) is 15.5 Å². The number of aryl methyl sites for hydroxylation is 1. The van der Waals surface area contributed by atoms with Gasteiger partial charge in [-0.25, -0.2) is 0 Å². The van der Waals surface area contributed by atoms with Crippen molar-refractivity contribution < 1.29 is 4.79 Å². The SMILES string of the molecule is CN=C(NCc1ccc(C)cc1)NC1CCN(C(=O)C2CCCCC2)C1.I. The van der Waals surface area contributed by atoms with Crippen LogP contribution in [-0.2, 0) is 11.3 Å². The number of rotatable bonds is 4. The Morgan fingerprint density at radius 3 is 2.52 bits per heavy atom. The summed E-state index contributed by atoms with van der Waals surface area (Å²) in [5, 5.41) is 6.85. The average Bonchev–Trinajstić information content (AvgIpc) is 3.15. The van der Waals surface area contributed by atoms with Gasteiger partial charge in [0.15, 0.2) is 5.96 Å². The summed E-state index contributed by atoms with van der Waals surface area (Å²) in [4.78, 5) is 19.1. The summed E-state index contributed by atoms with van der Waals surface area (Å²) >= 11 is 0. The van der Waals surface area contributed by atoms with Crippen LogP contribution in [0.25, 0.3) is 0 Å². The first-order valence-electron chi connectivity index (χ1n) is 9.97. The molecule has 1 unspecified atom stereocenters. The Morgan fingerprint density at radius 2 is 1.85 bits per heavy atom. The monoisotopic (exact) mass is 484 g/mol. The Kier molecular flexibility index (Phi) is 8.86. The van der Waals surface area contributed by atoms with Crippen molar-refractivity contribution in [2.45, 2.75) is 58.0 Å². The summed E-state index contributed by atoms with van der Waals surface area (Å²) in [5.74, 6) is 1.45. The van der Waals surface area contributed by atoms with E-state index in [4.69, 9.17) is 0 Å². The number of benzene rings is 1. The molecule has 2 fully saturated rings. The summed E-state index contributed by atoms with van der Waals surface area (Å²) in [6.07, 6.45) is 6.85. The first kappa shape index (κ1) is 22.0. The van der Waals surface area contributed by atoms with Crippen LogP contribution in [0.4, 0.5) is 0 Å². The minimum Gasteiger partial charge on any atom is -0.352 e. The van der Waals surface area contributed by atoms with E-state index in [-0.39, 0.29) is 35.9 Å². The molecule has 5 nitrogen and oxygen atoms in total. The van der Waals surface area contributed by atoms with Crippen molar-refractivity contribution >= 4 is 35.8 Å². The molecule has 3 rings (SSSR count). The van der Waals surface area contributed by atoms with E-state index in [1.807, 2.05) is 0 Å². The number of hydrogen-bond acceptors (Lipinski definition) is 2. The maximum atomic E-state index is 12.7. The van der Waals surface area contributed by atoms with Gasteiger partial charge >= 0.3 is 0 Å². The average molecular weight is 484 g/mol. The third-order valence-corrected chi connectivity index (χ3v) is 5.60. The first-order valence-corrected chi connectivity index (χ1v) is 9.97. The summed E-state index contributed by atoms with van der Waals surface area (Å²) in [5.41, 5.74) is 2.50. The number of guanidine groups is 1. The summed E-state index contributed by atoms with van der Waals surface area (Å²) in [6.45, 7) is 4.50. The molecular weight excluding hydrogens is 451 g/mol. The van der Waals surface area contributed by atoms with Crippen molar-refractivity contribution in [3.63, 3.8) is 0 Å². The van der Waals surface area contributed by atoms with Gasteiger partial charge in [-0.1, -0.05) is 49.1 Å². The smallest absolute Gasteiger partial charge is 0.225 e. The topological polar surface area (TPSA) is 56.7 Å². The molecule has 0 aromatic heterocycles. The lowest BCUT2D eigenvalue weighted by Gasteiger charge is -2.26. The Balaban J connectivity index is 0.00000261. The third kappa shape index (κ3) is 6.36. The first-order chi connectivity index (χ1) is 12.7. The highest BCUT2D eigenvalue weighted by Gasteiger charge is 2.31. The molecular formula is C21H33IN4O. The number of carbonyl (C=O) groups is 1. The van der Waals surface area contributed by atoms with E-state index in [1.165, 1.54) is 30.4 Å². The fourth-order valence-electron chi connectivity index (χ4n) is 3.97. The molecule has 1 aliphatic carbocycles. The maximum Gasteiger partial charge on any atom is 0.225 e. The van der Waals surface area contributed by atoms with E-state index < -0.39 is 0 Å². The van der Waals surface area contributed by atoms with E-state index in [1.54, 1.807) is 7.05 Å². The Labute approximate surface area is 180 Å². The number of halogens is 1. The van der Waals surface area contributed by atoms with E-state index in [2.05, 4.69) is 51.7 Å². The van der Waals surface area contributed by atoms with E-state index in [9.17, 15) is 4.79 Å². The van der Waals surface area contributed by atoms with Gasteiger partial charge in [0, 0.05) is 38.6 Å². The van der Waals surface area contributed by atoms with Crippen LogP contribution in [0.1, 0.15) is 49.7 Å². The molecule has 1 aliphatic heterocycles. The predicted octanol–water partition coefficient (Wildman–Crippen LogP) is 3.46. The standard InChI is InChI=1S/C21H32N4O.HI/c1-16-8-10-17(11-9-16)14-23-21(22-2)24-19-12-13-25(15-19)20(26)18-6-4-3-5-7-18;/h8-11,18-19H,3-7,12-15H2,1-2H3,(H2,22,23,24);1H. The van der Waals surface area contributed by atoms with E-state index in [0.717, 1.165) is 44.9 Å². The zero-order chi connectivity index (χ0) is 18.4. The van der Waals surface area contributed by atoms with Gasteiger partial charge < -0.3 is 15.5 Å². The lowest BCUT2D eigenvalue weighted by Crippen LogP contribution is -2.45. The lowest BCUT2D eigenvalue weighted by molar-refractivity contribution is -0.135. The quantitative estimate of drug-likeness (QED) is 0.391. The molecule has 2 aliphatic rings. The van der Waals surface area contributed by atoms with Crippen LogP contribution in [-0.4, -0.2) is 42.9 Å². The number of likely N-dealkylation sites (tertiary alicyclic amines) is 1. The summed E-state index contributed by atoms with van der Waals surface area (Å²) in [7, 11) is 1.80. The van der Waals surface area contributed by atoms with Crippen molar-refractivity contribution in [3.05, 3.63) is 35.4 Å². The summed E-state index contributed by atoms with van der Waals surface area (Å²) < 4.78 is 0. The molecule has 1 heterocycles. The normalized spacial score (nSPS) is 20.9. The maximum absolute atomic E-state index is 12.7. The van der Waals surface area contributed by atoms with Crippen molar-refractivity contribution in [1.29, 1.82) is 0 Å². The van der Waals surface area contributed by atoms with Crippen LogP contribution in [0.2, 0.25) is 0 Å². The van der Waals surface area contributed by atoms with E-state index in [0.29, 0.717) is 5.91 Å². The minimum atomic E-state index is 0. The highest BCUT2D eigenvalue weighted by molar-refractivity contribution is 14.0. The van der Waals surface area contributed by atoms with E-state index >= 15 is 0 Å². The number of carbonyl (C=O) groups excluding carboxylic acids is 1. The Morgan fingerprint density at radius 1 is 1.15 bits per heavy atom. The molecule has 1 amide bonds. The van der Waals surface area contributed by atoms with Crippen LogP contribution in [0, 0.1) is 12.8 Å². The zero-order valence-corrected chi connectivity index (χ0v) is 18.9. The molecule has 1 aromatic carbocycles. The number of nitrogens with one attached hydrogen (secondary N) is 2. The molecule has 0 radical (unpaired) electrons. The van der Waals surface area contributed by atoms with Crippen LogP contribution < -0.4 is 10.6 Å². The highest BCUT2D eigenvalue weighted by Crippen LogP contribution is 2.26. The molecule has 27 heavy (non-hydrogen) atoms. The molecule has 6 heteroatoms. The highest BCUT2D eigenvalue weighted by atomic mass is 127. The van der Waals surface area contributed by atoms with Gasteiger partial charge in [0.25, 0.3) is 0 Å².